The molecule has 0 aliphatic rings. The maximum atomic E-state index is 13.2. The van der Waals surface area contributed by atoms with Crippen molar-refractivity contribution in [3.05, 3.63) is 29.6 Å². The molecular formula is C12H11F4N3S. The van der Waals surface area contributed by atoms with Crippen molar-refractivity contribution in [2.45, 2.75) is 26.1 Å². The van der Waals surface area contributed by atoms with E-state index in [0.717, 1.165) is 23.7 Å². The molecule has 20 heavy (non-hydrogen) atoms. The van der Waals surface area contributed by atoms with Crippen LogP contribution < -0.4 is 5.32 Å². The van der Waals surface area contributed by atoms with Gasteiger partial charge in [0.1, 0.15) is 5.82 Å². The van der Waals surface area contributed by atoms with Gasteiger partial charge >= 0.3 is 6.18 Å². The van der Waals surface area contributed by atoms with Crippen LogP contribution in [-0.4, -0.2) is 15.4 Å². The third-order valence-electron chi connectivity index (χ3n) is 2.37. The highest BCUT2D eigenvalue weighted by Crippen LogP contribution is 2.37. The number of benzene rings is 1. The zero-order valence-corrected chi connectivity index (χ0v) is 11.4. The average molecular weight is 305 g/mol. The monoisotopic (exact) mass is 305 g/mol. The fourth-order valence-electron chi connectivity index (χ4n) is 1.59. The molecule has 0 radical (unpaired) electrons. The molecule has 0 saturated heterocycles. The molecule has 1 heterocycles. The van der Waals surface area contributed by atoms with Crippen molar-refractivity contribution < 1.29 is 17.6 Å². The molecule has 0 aliphatic carbocycles. The first kappa shape index (κ1) is 14.7. The number of hydrogen-bond acceptors (Lipinski definition) is 4. The van der Waals surface area contributed by atoms with Crippen molar-refractivity contribution in [2.24, 2.45) is 0 Å². The van der Waals surface area contributed by atoms with E-state index in [1.165, 1.54) is 0 Å². The quantitative estimate of drug-likeness (QED) is 0.864. The van der Waals surface area contributed by atoms with Gasteiger partial charge in [0.15, 0.2) is 5.82 Å². The topological polar surface area (TPSA) is 37.8 Å². The Morgan fingerprint density at radius 2 is 1.95 bits per heavy atom. The Balaban J connectivity index is 2.46. The highest BCUT2D eigenvalue weighted by molar-refractivity contribution is 7.09. The number of rotatable bonds is 3. The Bertz CT molecular complexity index is 607. The molecule has 108 valence electrons. The van der Waals surface area contributed by atoms with Gasteiger partial charge in [-0.1, -0.05) is 0 Å². The minimum absolute atomic E-state index is 0.0744. The van der Waals surface area contributed by atoms with Crippen molar-refractivity contribution in [1.29, 1.82) is 0 Å². The lowest BCUT2D eigenvalue weighted by Crippen LogP contribution is -2.09. The fourth-order valence-corrected chi connectivity index (χ4v) is 2.31. The molecule has 2 rings (SSSR count). The van der Waals surface area contributed by atoms with Crippen LogP contribution in [0.2, 0.25) is 0 Å². The summed E-state index contributed by atoms with van der Waals surface area (Å²) in [6.07, 6.45) is -4.58. The Labute approximate surface area is 116 Å². The van der Waals surface area contributed by atoms with Gasteiger partial charge in [-0.15, -0.1) is 0 Å². The van der Waals surface area contributed by atoms with E-state index in [9.17, 15) is 17.6 Å². The van der Waals surface area contributed by atoms with Gasteiger partial charge in [0.2, 0.25) is 5.13 Å². The smallest absolute Gasteiger partial charge is 0.358 e. The largest absolute Gasteiger partial charge is 0.417 e. The van der Waals surface area contributed by atoms with Crippen LogP contribution in [-0.2, 0) is 6.18 Å². The summed E-state index contributed by atoms with van der Waals surface area (Å²) in [7, 11) is 0. The number of anilines is 1. The molecule has 0 spiro atoms. The van der Waals surface area contributed by atoms with Gasteiger partial charge in [0, 0.05) is 23.1 Å². The first-order valence-electron chi connectivity index (χ1n) is 5.74. The third-order valence-corrected chi connectivity index (χ3v) is 3.01. The number of alkyl halides is 3. The molecule has 0 saturated carbocycles. The average Bonchev–Trinajstić information content (AvgIpc) is 2.74. The van der Waals surface area contributed by atoms with Crippen LogP contribution in [0, 0.1) is 5.82 Å². The van der Waals surface area contributed by atoms with Gasteiger partial charge in [-0.05, 0) is 32.0 Å². The minimum atomic E-state index is -4.58. The van der Waals surface area contributed by atoms with Crippen LogP contribution in [0.5, 0.6) is 0 Å². The Morgan fingerprint density at radius 1 is 1.25 bits per heavy atom. The molecule has 3 nitrogen and oxygen atoms in total. The normalized spacial score (nSPS) is 11.9. The number of aromatic nitrogens is 2. The van der Waals surface area contributed by atoms with Crippen LogP contribution in [0.25, 0.3) is 11.4 Å². The summed E-state index contributed by atoms with van der Waals surface area (Å²) in [6, 6.07) is 2.34. The zero-order valence-electron chi connectivity index (χ0n) is 10.6. The van der Waals surface area contributed by atoms with E-state index in [1.54, 1.807) is 0 Å². The summed E-state index contributed by atoms with van der Waals surface area (Å²) in [6.45, 7) is 3.73. The van der Waals surface area contributed by atoms with E-state index in [-0.39, 0.29) is 17.4 Å². The van der Waals surface area contributed by atoms with E-state index in [4.69, 9.17) is 0 Å². The molecule has 0 unspecified atom stereocenters. The van der Waals surface area contributed by atoms with E-state index in [1.807, 2.05) is 13.8 Å². The summed E-state index contributed by atoms with van der Waals surface area (Å²) in [4.78, 5) is 3.97. The predicted molar refractivity (Wildman–Crippen MR) is 69.1 cm³/mol. The van der Waals surface area contributed by atoms with Crippen molar-refractivity contribution in [3.8, 4) is 11.4 Å². The minimum Gasteiger partial charge on any atom is -0.358 e. The zero-order chi connectivity index (χ0) is 14.9. The van der Waals surface area contributed by atoms with Crippen LogP contribution in [0.3, 0.4) is 0 Å². The molecule has 1 aromatic carbocycles. The van der Waals surface area contributed by atoms with Crippen molar-refractivity contribution in [1.82, 2.24) is 9.36 Å². The summed E-state index contributed by atoms with van der Waals surface area (Å²) >= 11 is 0.936. The third kappa shape index (κ3) is 3.24. The van der Waals surface area contributed by atoms with Gasteiger partial charge in [-0.3, -0.25) is 0 Å². The highest BCUT2D eigenvalue weighted by atomic mass is 32.1. The molecule has 8 heteroatoms. The standard InChI is InChI=1S/C12H11F4N3S/c1-6(2)17-11-18-10(19-20-11)8-5-7(13)3-4-9(8)12(14,15)16/h3-6H,1-2H3,(H,17,18,19). The highest BCUT2D eigenvalue weighted by Gasteiger charge is 2.34. The van der Waals surface area contributed by atoms with Crippen LogP contribution in [0.4, 0.5) is 22.7 Å². The molecule has 0 fully saturated rings. The van der Waals surface area contributed by atoms with E-state index in [2.05, 4.69) is 14.7 Å². The van der Waals surface area contributed by atoms with Crippen LogP contribution in [0.1, 0.15) is 19.4 Å². The van der Waals surface area contributed by atoms with Gasteiger partial charge in [-0.2, -0.15) is 22.5 Å². The Kier molecular flexibility index (Phi) is 3.94. The van der Waals surface area contributed by atoms with E-state index in [0.29, 0.717) is 11.2 Å². The van der Waals surface area contributed by atoms with Gasteiger partial charge in [0.25, 0.3) is 0 Å². The molecule has 0 atom stereocenters. The van der Waals surface area contributed by atoms with Gasteiger partial charge < -0.3 is 5.32 Å². The lowest BCUT2D eigenvalue weighted by Gasteiger charge is -2.10. The second-order valence-electron chi connectivity index (χ2n) is 4.41. The molecule has 2 aromatic rings. The summed E-state index contributed by atoms with van der Waals surface area (Å²) in [5.74, 6) is -0.897. The molecule has 1 aromatic heterocycles. The molecule has 0 aliphatic heterocycles. The van der Waals surface area contributed by atoms with Crippen molar-refractivity contribution in [2.75, 3.05) is 5.32 Å². The number of halogens is 4. The van der Waals surface area contributed by atoms with Gasteiger partial charge in [-0.25, -0.2) is 4.39 Å². The van der Waals surface area contributed by atoms with E-state index >= 15 is 0 Å². The second-order valence-corrected chi connectivity index (χ2v) is 5.16. The Morgan fingerprint density at radius 3 is 2.55 bits per heavy atom. The van der Waals surface area contributed by atoms with Crippen LogP contribution in [0.15, 0.2) is 18.2 Å². The summed E-state index contributed by atoms with van der Waals surface area (Å²) < 4.78 is 55.7. The molecular weight excluding hydrogens is 294 g/mol. The number of nitrogens with zero attached hydrogens (tertiary/aromatic N) is 2. The molecule has 0 bridgehead atoms. The first-order chi connectivity index (χ1) is 9.27. The first-order valence-corrected chi connectivity index (χ1v) is 6.52. The number of hydrogen-bond donors (Lipinski definition) is 1. The predicted octanol–water partition coefficient (Wildman–Crippen LogP) is 4.18. The molecule has 1 N–H and O–H groups in total. The lowest BCUT2D eigenvalue weighted by molar-refractivity contribution is -0.137. The van der Waals surface area contributed by atoms with Crippen LogP contribution >= 0.6 is 11.5 Å². The Hall–Kier alpha value is -1.70. The lowest BCUT2D eigenvalue weighted by atomic mass is 10.1. The number of nitrogens with one attached hydrogen (secondary N) is 1. The fraction of sp³-hybridized carbons (Fsp3) is 0.333. The molecule has 0 amide bonds. The maximum Gasteiger partial charge on any atom is 0.417 e. The van der Waals surface area contributed by atoms with Gasteiger partial charge in [0.05, 0.1) is 5.56 Å². The maximum absolute atomic E-state index is 13.2. The second kappa shape index (κ2) is 5.35. The summed E-state index contributed by atoms with van der Waals surface area (Å²) in [5, 5.41) is 3.33. The van der Waals surface area contributed by atoms with Crippen molar-refractivity contribution in [3.63, 3.8) is 0 Å². The summed E-state index contributed by atoms with van der Waals surface area (Å²) in [5.41, 5.74) is -1.31. The van der Waals surface area contributed by atoms with Crippen molar-refractivity contribution >= 4 is 16.7 Å². The SMILES string of the molecule is CC(C)Nc1nc(-c2cc(F)ccc2C(F)(F)F)ns1. The van der Waals surface area contributed by atoms with E-state index < -0.39 is 17.6 Å².